The molecule has 0 aromatic carbocycles. The van der Waals surface area contributed by atoms with E-state index in [2.05, 4.69) is 4.90 Å². The Bertz CT molecular complexity index is 432. The van der Waals surface area contributed by atoms with Gasteiger partial charge in [-0.15, -0.1) is 0 Å². The van der Waals surface area contributed by atoms with Gasteiger partial charge in [0.05, 0.1) is 13.2 Å². The molecule has 3 rings (SSSR count). The third-order valence-corrected chi connectivity index (χ3v) is 3.77. The molecule has 2 saturated heterocycles. The molecule has 0 saturated carbocycles. The van der Waals surface area contributed by atoms with Gasteiger partial charge in [0.1, 0.15) is 0 Å². The number of rotatable bonds is 2. The van der Waals surface area contributed by atoms with Gasteiger partial charge in [-0.05, 0) is 25.3 Å². The van der Waals surface area contributed by atoms with Crippen LogP contribution in [-0.4, -0.2) is 50.2 Å². The first kappa shape index (κ1) is 12.5. The normalized spacial score (nSPS) is 20.6. The Morgan fingerprint density at radius 1 is 1.00 bits per heavy atom. The van der Waals surface area contributed by atoms with Crippen LogP contribution in [0.3, 0.4) is 0 Å². The molecule has 0 N–H and O–H groups in total. The van der Waals surface area contributed by atoms with Crippen LogP contribution in [0.25, 0.3) is 0 Å². The molecule has 19 heavy (non-hydrogen) atoms. The van der Waals surface area contributed by atoms with Crippen LogP contribution < -0.4 is 4.90 Å². The molecule has 0 aliphatic carbocycles. The van der Waals surface area contributed by atoms with Crippen molar-refractivity contribution in [1.29, 1.82) is 0 Å². The van der Waals surface area contributed by atoms with Crippen molar-refractivity contribution >= 4 is 11.8 Å². The maximum Gasteiger partial charge on any atom is 0.289 e. The second-order valence-electron chi connectivity index (χ2n) is 5.09. The third kappa shape index (κ3) is 2.76. The minimum Gasteiger partial charge on any atom is -0.435 e. The number of piperidine rings is 1. The Balaban J connectivity index is 1.67. The van der Waals surface area contributed by atoms with Gasteiger partial charge in [0, 0.05) is 32.2 Å². The van der Waals surface area contributed by atoms with Crippen LogP contribution in [0.15, 0.2) is 16.5 Å². The van der Waals surface area contributed by atoms with Gasteiger partial charge in [-0.25, -0.2) is 0 Å². The van der Waals surface area contributed by atoms with E-state index in [-0.39, 0.29) is 5.91 Å². The highest BCUT2D eigenvalue weighted by Crippen LogP contribution is 2.21. The van der Waals surface area contributed by atoms with E-state index in [1.807, 2.05) is 11.0 Å². The van der Waals surface area contributed by atoms with E-state index in [1.165, 1.54) is 6.42 Å². The molecule has 1 amide bonds. The van der Waals surface area contributed by atoms with Crippen LogP contribution in [0.5, 0.6) is 0 Å². The first-order chi connectivity index (χ1) is 9.34. The van der Waals surface area contributed by atoms with Gasteiger partial charge in [-0.1, -0.05) is 0 Å². The van der Waals surface area contributed by atoms with Gasteiger partial charge in [0.2, 0.25) is 0 Å². The zero-order valence-electron chi connectivity index (χ0n) is 11.1. The lowest BCUT2D eigenvalue weighted by atomic mass is 10.1. The van der Waals surface area contributed by atoms with Crippen molar-refractivity contribution in [3.8, 4) is 0 Å². The Morgan fingerprint density at radius 2 is 1.74 bits per heavy atom. The number of carbonyl (C=O) groups excluding carboxylic acids is 1. The van der Waals surface area contributed by atoms with E-state index < -0.39 is 0 Å². The number of furan rings is 1. The van der Waals surface area contributed by atoms with Crippen LogP contribution in [0.2, 0.25) is 0 Å². The molecule has 2 fully saturated rings. The SMILES string of the molecule is O=C(c1ccc(N2CCOCC2)o1)N1CCCCC1. The summed E-state index contributed by atoms with van der Waals surface area (Å²) in [7, 11) is 0. The van der Waals surface area contributed by atoms with Crippen LogP contribution in [0, 0.1) is 0 Å². The molecule has 5 nitrogen and oxygen atoms in total. The molecule has 0 bridgehead atoms. The molecule has 2 aliphatic rings. The molecule has 1 aromatic rings. The van der Waals surface area contributed by atoms with Crippen LogP contribution in [-0.2, 0) is 4.74 Å². The average molecular weight is 264 g/mol. The highest BCUT2D eigenvalue weighted by Gasteiger charge is 2.22. The Morgan fingerprint density at radius 3 is 2.47 bits per heavy atom. The molecule has 3 heterocycles. The summed E-state index contributed by atoms with van der Waals surface area (Å²) in [4.78, 5) is 16.3. The van der Waals surface area contributed by atoms with E-state index in [1.54, 1.807) is 6.07 Å². The van der Waals surface area contributed by atoms with Gasteiger partial charge in [0.25, 0.3) is 5.91 Å². The molecule has 1 aromatic heterocycles. The van der Waals surface area contributed by atoms with E-state index >= 15 is 0 Å². The average Bonchev–Trinajstić information content (AvgIpc) is 2.98. The molecule has 0 unspecified atom stereocenters. The first-order valence-corrected chi connectivity index (χ1v) is 7.06. The number of anilines is 1. The fraction of sp³-hybridized carbons (Fsp3) is 0.643. The lowest BCUT2D eigenvalue weighted by molar-refractivity contribution is 0.0692. The topological polar surface area (TPSA) is 45.9 Å². The van der Waals surface area contributed by atoms with Gasteiger partial charge >= 0.3 is 0 Å². The lowest BCUT2D eigenvalue weighted by Crippen LogP contribution is -2.36. The number of hydrogen-bond acceptors (Lipinski definition) is 4. The molecule has 0 radical (unpaired) electrons. The molecule has 5 heteroatoms. The van der Waals surface area contributed by atoms with Gasteiger partial charge in [-0.2, -0.15) is 0 Å². The Kier molecular flexibility index (Phi) is 3.73. The van der Waals surface area contributed by atoms with Crippen molar-refractivity contribution in [3.63, 3.8) is 0 Å². The van der Waals surface area contributed by atoms with Gasteiger partial charge < -0.3 is 19.0 Å². The number of nitrogens with zero attached hydrogens (tertiary/aromatic N) is 2. The smallest absolute Gasteiger partial charge is 0.289 e. The largest absolute Gasteiger partial charge is 0.435 e. The summed E-state index contributed by atoms with van der Waals surface area (Å²) >= 11 is 0. The monoisotopic (exact) mass is 264 g/mol. The number of carbonyl (C=O) groups is 1. The molecule has 0 spiro atoms. The number of likely N-dealkylation sites (tertiary alicyclic amines) is 1. The molecule has 2 aliphatic heterocycles. The second kappa shape index (κ2) is 5.65. The number of ether oxygens (including phenoxy) is 1. The number of hydrogen-bond donors (Lipinski definition) is 0. The summed E-state index contributed by atoms with van der Waals surface area (Å²) in [5, 5.41) is 0. The summed E-state index contributed by atoms with van der Waals surface area (Å²) in [6, 6.07) is 3.68. The molecule has 104 valence electrons. The zero-order valence-corrected chi connectivity index (χ0v) is 11.1. The van der Waals surface area contributed by atoms with E-state index in [9.17, 15) is 4.79 Å². The predicted molar refractivity (Wildman–Crippen MR) is 71.5 cm³/mol. The van der Waals surface area contributed by atoms with E-state index in [4.69, 9.17) is 9.15 Å². The highest BCUT2D eigenvalue weighted by atomic mass is 16.5. The van der Waals surface area contributed by atoms with E-state index in [0.29, 0.717) is 5.76 Å². The minimum atomic E-state index is 0.0270. The maximum atomic E-state index is 12.3. The summed E-state index contributed by atoms with van der Waals surface area (Å²) in [6.07, 6.45) is 3.42. The molecule has 0 atom stereocenters. The molecular weight excluding hydrogens is 244 g/mol. The minimum absolute atomic E-state index is 0.0270. The van der Waals surface area contributed by atoms with Crippen LogP contribution >= 0.6 is 0 Å². The summed E-state index contributed by atoms with van der Waals surface area (Å²) in [5.74, 6) is 1.27. The number of amides is 1. The van der Waals surface area contributed by atoms with E-state index in [0.717, 1.165) is 58.1 Å². The van der Waals surface area contributed by atoms with Crippen molar-refractivity contribution in [1.82, 2.24) is 4.90 Å². The third-order valence-electron chi connectivity index (χ3n) is 3.77. The summed E-state index contributed by atoms with van der Waals surface area (Å²) < 4.78 is 11.0. The fourth-order valence-corrected chi connectivity index (χ4v) is 2.65. The Hall–Kier alpha value is -1.49. The van der Waals surface area contributed by atoms with Crippen molar-refractivity contribution in [3.05, 3.63) is 17.9 Å². The van der Waals surface area contributed by atoms with Crippen molar-refractivity contribution in [2.24, 2.45) is 0 Å². The standard InChI is InChI=1S/C14H20N2O3/c17-14(16-6-2-1-3-7-16)12-4-5-13(19-12)15-8-10-18-11-9-15/h4-5H,1-3,6-11H2. The number of morpholine rings is 1. The Labute approximate surface area is 113 Å². The van der Waals surface area contributed by atoms with Gasteiger partial charge in [-0.3, -0.25) is 4.79 Å². The molecular formula is C14H20N2O3. The predicted octanol–water partition coefficient (Wildman–Crippen LogP) is 1.74. The quantitative estimate of drug-likeness (QED) is 0.816. The second-order valence-corrected chi connectivity index (χ2v) is 5.09. The van der Waals surface area contributed by atoms with Crippen LogP contribution in [0.4, 0.5) is 5.88 Å². The van der Waals surface area contributed by atoms with Crippen molar-refractivity contribution < 1.29 is 13.9 Å². The fourth-order valence-electron chi connectivity index (χ4n) is 2.65. The summed E-state index contributed by atoms with van der Waals surface area (Å²) in [5.41, 5.74) is 0. The first-order valence-electron chi connectivity index (χ1n) is 7.06. The van der Waals surface area contributed by atoms with Crippen molar-refractivity contribution in [2.45, 2.75) is 19.3 Å². The highest BCUT2D eigenvalue weighted by molar-refractivity contribution is 5.92. The zero-order chi connectivity index (χ0) is 13.1. The van der Waals surface area contributed by atoms with Crippen molar-refractivity contribution in [2.75, 3.05) is 44.3 Å². The summed E-state index contributed by atoms with van der Waals surface area (Å²) in [6.45, 7) is 4.79. The maximum absolute atomic E-state index is 12.3. The van der Waals surface area contributed by atoms with Crippen LogP contribution in [0.1, 0.15) is 29.8 Å². The lowest BCUT2D eigenvalue weighted by Gasteiger charge is -2.27. The van der Waals surface area contributed by atoms with Gasteiger partial charge in [0.15, 0.2) is 11.6 Å².